The zero-order valence-corrected chi connectivity index (χ0v) is 12.3. The van der Waals surface area contributed by atoms with Crippen molar-refractivity contribution in [3.8, 4) is 0 Å². The predicted octanol–water partition coefficient (Wildman–Crippen LogP) is 4.64. The molecule has 0 radical (unpaired) electrons. The number of carbonyl (C=O) groups is 1. The van der Waals surface area contributed by atoms with Crippen LogP contribution in [-0.2, 0) is 4.79 Å². The van der Waals surface area contributed by atoms with Gasteiger partial charge in [0.2, 0.25) is 5.91 Å². The first-order chi connectivity index (χ1) is 9.13. The van der Waals surface area contributed by atoms with Gasteiger partial charge in [0.15, 0.2) is 0 Å². The molecule has 1 aromatic carbocycles. The van der Waals surface area contributed by atoms with Gasteiger partial charge in [0.25, 0.3) is 0 Å². The number of carbonyl (C=O) groups excluding carboxylic acids is 1. The first-order valence-corrected chi connectivity index (χ1v) is 7.55. The molecule has 2 nitrogen and oxygen atoms in total. The van der Waals surface area contributed by atoms with Gasteiger partial charge >= 0.3 is 0 Å². The van der Waals surface area contributed by atoms with Crippen molar-refractivity contribution in [2.45, 2.75) is 58.8 Å². The van der Waals surface area contributed by atoms with E-state index in [-0.39, 0.29) is 11.8 Å². The number of hydrogen-bond acceptors (Lipinski definition) is 1. The molecular formula is C17H25NO. The maximum atomic E-state index is 12.2. The Hall–Kier alpha value is -1.31. The van der Waals surface area contributed by atoms with Gasteiger partial charge in [-0.25, -0.2) is 0 Å². The fourth-order valence-corrected chi connectivity index (χ4v) is 3.03. The molecule has 2 unspecified atom stereocenters. The maximum Gasteiger partial charge on any atom is 0.232 e. The average molecular weight is 259 g/mol. The van der Waals surface area contributed by atoms with E-state index in [9.17, 15) is 4.79 Å². The van der Waals surface area contributed by atoms with Crippen molar-refractivity contribution >= 4 is 11.6 Å². The summed E-state index contributed by atoms with van der Waals surface area (Å²) in [5.41, 5.74) is 3.45. The minimum atomic E-state index is 0.0523. The molecule has 1 aliphatic heterocycles. The van der Waals surface area contributed by atoms with E-state index in [0.717, 1.165) is 12.1 Å². The van der Waals surface area contributed by atoms with Crippen LogP contribution in [0.25, 0.3) is 0 Å². The minimum absolute atomic E-state index is 0.0523. The predicted molar refractivity (Wildman–Crippen MR) is 80.5 cm³/mol. The number of rotatable bonds is 6. The van der Waals surface area contributed by atoms with Gasteiger partial charge in [0.05, 0.1) is 5.92 Å². The average Bonchev–Trinajstić information content (AvgIpc) is 2.70. The third-order valence-corrected chi connectivity index (χ3v) is 4.16. The van der Waals surface area contributed by atoms with Crippen molar-refractivity contribution in [3.63, 3.8) is 0 Å². The van der Waals surface area contributed by atoms with E-state index in [1.807, 2.05) is 6.07 Å². The Labute approximate surface area is 116 Å². The topological polar surface area (TPSA) is 29.1 Å². The van der Waals surface area contributed by atoms with Crippen molar-refractivity contribution in [1.82, 2.24) is 0 Å². The van der Waals surface area contributed by atoms with Crippen LogP contribution < -0.4 is 5.32 Å². The number of nitrogens with one attached hydrogen (secondary N) is 1. The highest BCUT2D eigenvalue weighted by atomic mass is 16.2. The number of benzene rings is 1. The summed E-state index contributed by atoms with van der Waals surface area (Å²) >= 11 is 0. The van der Waals surface area contributed by atoms with Gasteiger partial charge in [-0.1, -0.05) is 57.2 Å². The molecule has 0 aliphatic carbocycles. The Morgan fingerprint density at radius 2 is 2.05 bits per heavy atom. The van der Waals surface area contributed by atoms with Crippen LogP contribution >= 0.6 is 0 Å². The molecular weight excluding hydrogens is 234 g/mol. The lowest BCUT2D eigenvalue weighted by molar-refractivity contribution is -0.118. The molecule has 0 bridgehead atoms. The van der Waals surface area contributed by atoms with Gasteiger partial charge in [-0.15, -0.1) is 0 Å². The molecule has 0 aromatic heterocycles. The van der Waals surface area contributed by atoms with Crippen molar-refractivity contribution in [2.75, 3.05) is 5.32 Å². The number of unbranched alkanes of at least 4 members (excludes halogenated alkanes) is 3. The Kier molecular flexibility index (Phi) is 4.62. The molecule has 0 fully saturated rings. The molecule has 2 atom stereocenters. The Morgan fingerprint density at radius 1 is 1.26 bits per heavy atom. The summed E-state index contributed by atoms with van der Waals surface area (Å²) in [5.74, 6) is 0.667. The number of hydrogen-bond donors (Lipinski definition) is 1. The van der Waals surface area contributed by atoms with Crippen LogP contribution in [0.3, 0.4) is 0 Å². The van der Waals surface area contributed by atoms with Crippen LogP contribution in [0.2, 0.25) is 0 Å². The summed E-state index contributed by atoms with van der Waals surface area (Å²) in [4.78, 5) is 12.2. The monoisotopic (exact) mass is 259 g/mol. The van der Waals surface area contributed by atoms with E-state index >= 15 is 0 Å². The van der Waals surface area contributed by atoms with E-state index in [1.54, 1.807) is 0 Å². The number of fused-ring (bicyclic) bond motifs is 1. The van der Waals surface area contributed by atoms with Crippen molar-refractivity contribution in [1.29, 1.82) is 0 Å². The van der Waals surface area contributed by atoms with Crippen LogP contribution in [0.5, 0.6) is 0 Å². The van der Waals surface area contributed by atoms with E-state index < -0.39 is 0 Å². The molecule has 2 rings (SSSR count). The third-order valence-electron chi connectivity index (χ3n) is 4.16. The maximum absolute atomic E-state index is 12.2. The molecule has 0 spiro atoms. The van der Waals surface area contributed by atoms with E-state index in [2.05, 4.69) is 38.2 Å². The van der Waals surface area contributed by atoms with Crippen molar-refractivity contribution < 1.29 is 4.79 Å². The van der Waals surface area contributed by atoms with Crippen molar-refractivity contribution in [2.24, 2.45) is 5.92 Å². The summed E-state index contributed by atoms with van der Waals surface area (Å²) < 4.78 is 0. The molecule has 0 saturated carbocycles. The lowest BCUT2D eigenvalue weighted by atomic mass is 9.84. The second-order valence-electron chi connectivity index (χ2n) is 5.88. The second-order valence-corrected chi connectivity index (χ2v) is 5.88. The lowest BCUT2D eigenvalue weighted by Crippen LogP contribution is -2.19. The molecule has 1 N–H and O–H groups in total. The first-order valence-electron chi connectivity index (χ1n) is 7.55. The summed E-state index contributed by atoms with van der Waals surface area (Å²) in [7, 11) is 0. The number of anilines is 1. The highest BCUT2D eigenvalue weighted by molar-refractivity contribution is 6.03. The fourth-order valence-electron chi connectivity index (χ4n) is 3.03. The van der Waals surface area contributed by atoms with Gasteiger partial charge in [0.1, 0.15) is 0 Å². The van der Waals surface area contributed by atoms with Crippen LogP contribution in [0.15, 0.2) is 18.2 Å². The summed E-state index contributed by atoms with van der Waals surface area (Å²) in [5, 5.41) is 3.02. The fraction of sp³-hybridized carbons (Fsp3) is 0.588. The second kappa shape index (κ2) is 6.23. The highest BCUT2D eigenvalue weighted by Gasteiger charge is 2.34. The van der Waals surface area contributed by atoms with Gasteiger partial charge in [-0.2, -0.15) is 0 Å². The molecule has 0 saturated heterocycles. The quantitative estimate of drug-likeness (QED) is 0.741. The molecule has 1 heterocycles. The van der Waals surface area contributed by atoms with Crippen LogP contribution in [0.1, 0.15) is 63.0 Å². The summed E-state index contributed by atoms with van der Waals surface area (Å²) in [6.45, 7) is 6.53. The molecule has 1 aliphatic rings. The Bertz CT molecular complexity index is 453. The first kappa shape index (κ1) is 14.1. The molecule has 19 heavy (non-hydrogen) atoms. The number of aryl methyl sites for hydroxylation is 1. The van der Waals surface area contributed by atoms with E-state index in [4.69, 9.17) is 0 Å². The summed E-state index contributed by atoms with van der Waals surface area (Å²) in [6, 6.07) is 6.26. The summed E-state index contributed by atoms with van der Waals surface area (Å²) in [6.07, 6.45) is 6.24. The van der Waals surface area contributed by atoms with Gasteiger partial charge in [-0.3, -0.25) is 4.79 Å². The molecule has 1 amide bonds. The Morgan fingerprint density at radius 3 is 2.79 bits per heavy atom. The van der Waals surface area contributed by atoms with Gasteiger partial charge < -0.3 is 5.32 Å². The SMILES string of the molecule is CCCCCCC(C)C1C(=O)Nc2ccc(C)cc21. The van der Waals surface area contributed by atoms with Gasteiger partial charge in [-0.05, 0) is 30.9 Å². The lowest BCUT2D eigenvalue weighted by Gasteiger charge is -2.18. The standard InChI is InChI=1S/C17H25NO/c1-4-5-6-7-8-13(3)16-14-11-12(2)9-10-15(14)18-17(16)19/h9-11,13,16H,4-8H2,1-3H3,(H,18,19). The molecule has 1 aromatic rings. The molecule has 104 valence electrons. The zero-order valence-electron chi connectivity index (χ0n) is 12.3. The van der Waals surface area contributed by atoms with E-state index in [1.165, 1.54) is 36.8 Å². The third kappa shape index (κ3) is 3.17. The van der Waals surface area contributed by atoms with Crippen LogP contribution in [-0.4, -0.2) is 5.91 Å². The largest absolute Gasteiger partial charge is 0.325 e. The normalized spacial score (nSPS) is 19.1. The number of amides is 1. The van der Waals surface area contributed by atoms with Crippen LogP contribution in [0.4, 0.5) is 5.69 Å². The van der Waals surface area contributed by atoms with Crippen molar-refractivity contribution in [3.05, 3.63) is 29.3 Å². The smallest absolute Gasteiger partial charge is 0.232 e. The highest BCUT2D eigenvalue weighted by Crippen LogP contribution is 2.39. The van der Waals surface area contributed by atoms with E-state index in [0.29, 0.717) is 5.92 Å². The zero-order chi connectivity index (χ0) is 13.8. The molecule has 2 heteroatoms. The van der Waals surface area contributed by atoms with Crippen LogP contribution in [0, 0.1) is 12.8 Å². The Balaban J connectivity index is 2.04. The van der Waals surface area contributed by atoms with Gasteiger partial charge in [0, 0.05) is 5.69 Å². The minimum Gasteiger partial charge on any atom is -0.325 e.